The Morgan fingerprint density at radius 2 is 1.77 bits per heavy atom. The second-order valence-corrected chi connectivity index (χ2v) is 9.08. The zero-order chi connectivity index (χ0) is 24.8. The van der Waals surface area contributed by atoms with Gasteiger partial charge in [0.2, 0.25) is 5.91 Å². The second-order valence-electron chi connectivity index (χ2n) is 9.08. The third-order valence-corrected chi connectivity index (χ3v) is 6.61. The predicted molar refractivity (Wildman–Crippen MR) is 138 cm³/mol. The third kappa shape index (κ3) is 5.73. The number of nitrogens with one attached hydrogen (secondary N) is 1. The summed E-state index contributed by atoms with van der Waals surface area (Å²) in [5.74, 6) is 0.652. The van der Waals surface area contributed by atoms with Gasteiger partial charge in [-0.25, -0.2) is 0 Å². The molecule has 3 aromatic rings. The van der Waals surface area contributed by atoms with Crippen molar-refractivity contribution in [2.45, 2.75) is 58.7 Å². The first-order valence-electron chi connectivity index (χ1n) is 12.5. The third-order valence-electron chi connectivity index (χ3n) is 6.61. The fraction of sp³-hybridized carbons (Fsp3) is 0.333. The Balaban J connectivity index is 1.58. The first-order chi connectivity index (χ1) is 17.0. The number of ether oxygens (including phenoxy) is 1. The molecular weight excluding hydrogens is 436 g/mol. The monoisotopic (exact) mass is 470 g/mol. The molecule has 5 heteroatoms. The molecule has 0 saturated carbocycles. The topological polar surface area (TPSA) is 58.6 Å². The van der Waals surface area contributed by atoms with E-state index in [1.807, 2.05) is 61.2 Å². The van der Waals surface area contributed by atoms with E-state index in [0.29, 0.717) is 31.7 Å². The molecule has 2 amide bonds. The smallest absolute Gasteiger partial charge is 0.261 e. The lowest BCUT2D eigenvalue weighted by atomic mass is 9.87. The van der Waals surface area contributed by atoms with Crippen molar-refractivity contribution in [1.29, 1.82) is 0 Å². The number of amides is 2. The summed E-state index contributed by atoms with van der Waals surface area (Å²) in [7, 11) is 0. The van der Waals surface area contributed by atoms with Gasteiger partial charge in [0, 0.05) is 19.5 Å². The van der Waals surface area contributed by atoms with Crippen molar-refractivity contribution in [2.75, 3.05) is 6.54 Å². The van der Waals surface area contributed by atoms with E-state index in [4.69, 9.17) is 4.74 Å². The summed E-state index contributed by atoms with van der Waals surface area (Å²) < 4.78 is 6.19. The molecule has 1 heterocycles. The van der Waals surface area contributed by atoms with Gasteiger partial charge in [0.15, 0.2) is 6.10 Å². The number of nitrogens with zero attached hydrogens (tertiary/aromatic N) is 1. The van der Waals surface area contributed by atoms with Gasteiger partial charge < -0.3 is 15.0 Å². The summed E-state index contributed by atoms with van der Waals surface area (Å²) in [5.41, 5.74) is 5.60. The van der Waals surface area contributed by atoms with E-state index in [9.17, 15) is 9.59 Å². The summed E-state index contributed by atoms with van der Waals surface area (Å²) in [6.45, 7) is 7.07. The lowest BCUT2D eigenvalue weighted by molar-refractivity contribution is -0.133. The zero-order valence-corrected chi connectivity index (χ0v) is 20.8. The number of fused-ring (bicyclic) bond motifs is 1. The summed E-state index contributed by atoms with van der Waals surface area (Å²) >= 11 is 0. The van der Waals surface area contributed by atoms with Gasteiger partial charge in [-0.15, -0.1) is 0 Å². The number of aryl methyl sites for hydroxylation is 1. The largest absolute Gasteiger partial charge is 0.481 e. The summed E-state index contributed by atoms with van der Waals surface area (Å²) in [4.78, 5) is 27.7. The molecule has 2 atom stereocenters. The van der Waals surface area contributed by atoms with Crippen molar-refractivity contribution in [3.05, 3.63) is 101 Å². The van der Waals surface area contributed by atoms with Gasteiger partial charge in [-0.1, -0.05) is 80.1 Å². The van der Waals surface area contributed by atoms with E-state index in [1.54, 1.807) is 0 Å². The molecule has 0 bridgehead atoms. The van der Waals surface area contributed by atoms with Gasteiger partial charge in [-0.3, -0.25) is 9.59 Å². The Morgan fingerprint density at radius 1 is 1.03 bits per heavy atom. The zero-order valence-electron chi connectivity index (χ0n) is 20.8. The fourth-order valence-electron chi connectivity index (χ4n) is 4.63. The normalized spacial score (nSPS) is 15.7. The van der Waals surface area contributed by atoms with Gasteiger partial charge in [-0.05, 0) is 54.2 Å². The van der Waals surface area contributed by atoms with Gasteiger partial charge in [0.25, 0.3) is 5.91 Å². The minimum Gasteiger partial charge on any atom is -0.481 e. The molecule has 0 aromatic heterocycles. The Kier molecular flexibility index (Phi) is 7.86. The number of carbonyl (C=O) groups is 2. The van der Waals surface area contributed by atoms with Crippen molar-refractivity contribution in [2.24, 2.45) is 0 Å². The van der Waals surface area contributed by atoms with Gasteiger partial charge in [-0.2, -0.15) is 0 Å². The van der Waals surface area contributed by atoms with Crippen LogP contribution in [-0.4, -0.2) is 29.4 Å². The number of benzene rings is 3. The Bertz CT molecular complexity index is 1160. The van der Waals surface area contributed by atoms with Gasteiger partial charge in [0.05, 0.1) is 6.04 Å². The summed E-state index contributed by atoms with van der Waals surface area (Å²) in [5, 5.41) is 2.99. The van der Waals surface area contributed by atoms with Crippen molar-refractivity contribution in [3.8, 4) is 5.75 Å². The molecular formula is C30H34N2O3. The standard InChI is InChI=1S/C30H34N2O3/c1-4-27(30(34)31-20-22-9-7-6-8-10-22)35-25-16-15-23-17-18-32(28(33)5-2)29(26(23)19-25)24-13-11-21(3)12-14-24/h6-16,19,27,29H,4-5,17-18,20H2,1-3H3,(H,31,34). The average Bonchev–Trinajstić information content (AvgIpc) is 2.90. The van der Waals surface area contributed by atoms with Crippen LogP contribution < -0.4 is 10.1 Å². The van der Waals surface area contributed by atoms with Crippen LogP contribution in [0, 0.1) is 6.92 Å². The molecule has 5 nitrogen and oxygen atoms in total. The van der Waals surface area contributed by atoms with E-state index in [1.165, 1.54) is 11.1 Å². The first-order valence-corrected chi connectivity index (χ1v) is 12.5. The van der Waals surface area contributed by atoms with Crippen molar-refractivity contribution in [3.63, 3.8) is 0 Å². The molecule has 0 aliphatic carbocycles. The summed E-state index contributed by atoms with van der Waals surface area (Å²) in [6, 6.07) is 24.1. The van der Waals surface area contributed by atoms with E-state index in [2.05, 4.69) is 42.6 Å². The van der Waals surface area contributed by atoms with Crippen LogP contribution in [0.25, 0.3) is 0 Å². The van der Waals surface area contributed by atoms with Crippen molar-refractivity contribution >= 4 is 11.8 Å². The highest BCUT2D eigenvalue weighted by Gasteiger charge is 2.32. The van der Waals surface area contributed by atoms with E-state index >= 15 is 0 Å². The lowest BCUT2D eigenvalue weighted by Crippen LogP contribution is -2.40. The first kappa shape index (κ1) is 24.5. The molecule has 3 aromatic carbocycles. The van der Waals surface area contributed by atoms with Crippen LogP contribution in [0.15, 0.2) is 72.8 Å². The van der Waals surface area contributed by atoms with Gasteiger partial charge in [0.1, 0.15) is 5.75 Å². The minimum atomic E-state index is -0.591. The molecule has 4 rings (SSSR count). The van der Waals surface area contributed by atoms with Crippen molar-refractivity contribution in [1.82, 2.24) is 10.2 Å². The van der Waals surface area contributed by atoms with Gasteiger partial charge >= 0.3 is 0 Å². The Morgan fingerprint density at radius 3 is 2.46 bits per heavy atom. The quantitative estimate of drug-likeness (QED) is 0.483. The lowest BCUT2D eigenvalue weighted by Gasteiger charge is -2.38. The highest BCUT2D eigenvalue weighted by atomic mass is 16.5. The molecule has 0 spiro atoms. The molecule has 0 saturated heterocycles. The highest BCUT2D eigenvalue weighted by molar-refractivity contribution is 5.81. The van der Waals surface area contributed by atoms with Crippen LogP contribution in [-0.2, 0) is 22.6 Å². The second kappa shape index (κ2) is 11.2. The number of hydrogen-bond donors (Lipinski definition) is 1. The molecule has 1 aliphatic heterocycles. The Labute approximate surface area is 208 Å². The predicted octanol–water partition coefficient (Wildman–Crippen LogP) is 5.35. The van der Waals surface area contributed by atoms with Crippen LogP contribution in [0.3, 0.4) is 0 Å². The van der Waals surface area contributed by atoms with Crippen LogP contribution in [0.4, 0.5) is 0 Å². The number of hydrogen-bond acceptors (Lipinski definition) is 3. The number of carbonyl (C=O) groups excluding carboxylic acids is 2. The van der Waals surface area contributed by atoms with E-state index in [0.717, 1.165) is 23.1 Å². The average molecular weight is 471 g/mol. The maximum absolute atomic E-state index is 12.9. The molecule has 35 heavy (non-hydrogen) atoms. The van der Waals surface area contributed by atoms with E-state index in [-0.39, 0.29) is 17.9 Å². The molecule has 182 valence electrons. The van der Waals surface area contributed by atoms with E-state index < -0.39 is 6.10 Å². The Hall–Kier alpha value is -3.60. The van der Waals surface area contributed by atoms with Crippen LogP contribution >= 0.6 is 0 Å². The molecule has 1 aliphatic rings. The maximum atomic E-state index is 12.9. The molecule has 2 unspecified atom stereocenters. The molecule has 0 fully saturated rings. The van der Waals surface area contributed by atoms with Crippen LogP contribution in [0.1, 0.15) is 60.5 Å². The maximum Gasteiger partial charge on any atom is 0.261 e. The molecule has 0 radical (unpaired) electrons. The van der Waals surface area contributed by atoms with Crippen LogP contribution in [0.5, 0.6) is 5.75 Å². The number of rotatable bonds is 8. The highest BCUT2D eigenvalue weighted by Crippen LogP contribution is 2.37. The summed E-state index contributed by atoms with van der Waals surface area (Å²) in [6.07, 6.45) is 1.23. The van der Waals surface area contributed by atoms with Crippen LogP contribution in [0.2, 0.25) is 0 Å². The fourth-order valence-corrected chi connectivity index (χ4v) is 4.63. The SMILES string of the molecule is CCC(=O)N1CCc2ccc(OC(CC)C(=O)NCc3ccccc3)cc2C1c1ccc(C)cc1. The van der Waals surface area contributed by atoms with Crippen molar-refractivity contribution < 1.29 is 14.3 Å². The minimum absolute atomic E-state index is 0.132. The molecule has 1 N–H and O–H groups in total.